The molecule has 4 heteroatoms. The predicted molar refractivity (Wildman–Crippen MR) is 58.8 cm³/mol. The summed E-state index contributed by atoms with van der Waals surface area (Å²) in [6, 6.07) is 4.29. The topological polar surface area (TPSA) is 49.7 Å². The third-order valence-corrected chi connectivity index (χ3v) is 2.34. The molecule has 2 atom stereocenters. The molecule has 16 heavy (non-hydrogen) atoms. The van der Waals surface area contributed by atoms with E-state index < -0.39 is 18.0 Å². The first-order valence-electron chi connectivity index (χ1n) is 5.33. The smallest absolute Gasteiger partial charge is 0.165 e. The summed E-state index contributed by atoms with van der Waals surface area (Å²) in [5, 5.41) is 18.5. The number of aliphatic hydroxyl groups excluding tert-OH is 2. The summed E-state index contributed by atoms with van der Waals surface area (Å²) in [7, 11) is 0. The molecular weight excluding hydrogens is 211 g/mol. The lowest BCUT2D eigenvalue weighted by Gasteiger charge is -2.12. The van der Waals surface area contributed by atoms with Gasteiger partial charge in [0.2, 0.25) is 0 Å². The third-order valence-electron chi connectivity index (χ3n) is 2.34. The van der Waals surface area contributed by atoms with Crippen molar-refractivity contribution in [3.05, 3.63) is 29.6 Å². The van der Waals surface area contributed by atoms with Gasteiger partial charge in [-0.1, -0.05) is 13.0 Å². The fourth-order valence-corrected chi connectivity index (χ4v) is 1.20. The lowest BCUT2D eigenvalue weighted by atomic mass is 10.1. The van der Waals surface area contributed by atoms with E-state index in [1.807, 2.05) is 6.92 Å². The van der Waals surface area contributed by atoms with Gasteiger partial charge in [0.25, 0.3) is 0 Å². The number of halogens is 1. The van der Waals surface area contributed by atoms with Crippen molar-refractivity contribution in [3.8, 4) is 5.75 Å². The molecule has 0 bridgehead atoms. The summed E-state index contributed by atoms with van der Waals surface area (Å²) >= 11 is 0. The molecular formula is C12H17FO3. The zero-order valence-electron chi connectivity index (χ0n) is 9.48. The average molecular weight is 228 g/mol. The molecule has 0 aliphatic carbocycles. The van der Waals surface area contributed by atoms with Crippen LogP contribution in [0.5, 0.6) is 5.75 Å². The van der Waals surface area contributed by atoms with Gasteiger partial charge in [0.15, 0.2) is 11.6 Å². The van der Waals surface area contributed by atoms with Gasteiger partial charge in [-0.15, -0.1) is 0 Å². The minimum atomic E-state index is -0.704. The lowest BCUT2D eigenvalue weighted by Crippen LogP contribution is -2.16. The second kappa shape index (κ2) is 5.82. The number of hydrogen-bond acceptors (Lipinski definition) is 3. The molecule has 0 aliphatic heterocycles. The molecule has 0 radical (unpaired) electrons. The Kier molecular flexibility index (Phi) is 4.71. The molecule has 1 unspecified atom stereocenters. The normalized spacial score (nSPS) is 14.6. The highest BCUT2D eigenvalue weighted by Gasteiger charge is 2.09. The second-order valence-electron chi connectivity index (χ2n) is 3.74. The van der Waals surface area contributed by atoms with E-state index in [-0.39, 0.29) is 12.4 Å². The van der Waals surface area contributed by atoms with E-state index in [0.717, 1.165) is 0 Å². The van der Waals surface area contributed by atoms with Crippen molar-refractivity contribution in [2.24, 2.45) is 0 Å². The van der Waals surface area contributed by atoms with Crippen LogP contribution in [-0.2, 0) is 0 Å². The zero-order chi connectivity index (χ0) is 12.1. The highest BCUT2D eigenvalue weighted by molar-refractivity contribution is 5.30. The van der Waals surface area contributed by atoms with Gasteiger partial charge < -0.3 is 14.9 Å². The first-order valence-corrected chi connectivity index (χ1v) is 5.33. The minimum Gasteiger partial charge on any atom is -0.488 e. The molecule has 90 valence electrons. The maximum absolute atomic E-state index is 13.4. The largest absolute Gasteiger partial charge is 0.488 e. The van der Waals surface area contributed by atoms with E-state index in [2.05, 4.69) is 0 Å². The number of rotatable bonds is 5. The maximum atomic E-state index is 13.4. The SMILES string of the molecule is CCC(O)COc1ccc([C@@H](C)O)cc1F. The third kappa shape index (κ3) is 3.47. The Morgan fingerprint density at radius 3 is 2.56 bits per heavy atom. The molecule has 1 aromatic rings. The average Bonchev–Trinajstić information content (AvgIpc) is 2.26. The van der Waals surface area contributed by atoms with Gasteiger partial charge in [0.1, 0.15) is 6.61 Å². The van der Waals surface area contributed by atoms with E-state index in [0.29, 0.717) is 12.0 Å². The second-order valence-corrected chi connectivity index (χ2v) is 3.74. The Morgan fingerprint density at radius 2 is 2.06 bits per heavy atom. The van der Waals surface area contributed by atoms with Gasteiger partial charge in [-0.25, -0.2) is 4.39 Å². The van der Waals surface area contributed by atoms with E-state index in [1.54, 1.807) is 13.0 Å². The van der Waals surface area contributed by atoms with Gasteiger partial charge in [-0.3, -0.25) is 0 Å². The van der Waals surface area contributed by atoms with Crippen LogP contribution in [0, 0.1) is 5.82 Å². The van der Waals surface area contributed by atoms with Crippen LogP contribution < -0.4 is 4.74 Å². The minimum absolute atomic E-state index is 0.0709. The highest BCUT2D eigenvalue weighted by Crippen LogP contribution is 2.22. The number of aliphatic hydroxyl groups is 2. The lowest BCUT2D eigenvalue weighted by molar-refractivity contribution is 0.102. The molecule has 3 nitrogen and oxygen atoms in total. The Labute approximate surface area is 94.5 Å². The van der Waals surface area contributed by atoms with Crippen LogP contribution in [-0.4, -0.2) is 22.9 Å². The van der Waals surface area contributed by atoms with Gasteiger partial charge >= 0.3 is 0 Å². The number of hydrogen-bond donors (Lipinski definition) is 2. The molecule has 1 rings (SSSR count). The van der Waals surface area contributed by atoms with E-state index in [9.17, 15) is 14.6 Å². The van der Waals surface area contributed by atoms with Crippen LogP contribution in [0.4, 0.5) is 4.39 Å². The van der Waals surface area contributed by atoms with Crippen molar-refractivity contribution < 1.29 is 19.3 Å². The van der Waals surface area contributed by atoms with Crippen molar-refractivity contribution in [2.45, 2.75) is 32.5 Å². The molecule has 0 aliphatic rings. The summed E-state index contributed by atoms with van der Waals surface area (Å²) in [5.74, 6) is -0.432. The van der Waals surface area contributed by atoms with Gasteiger partial charge in [-0.05, 0) is 31.0 Å². The van der Waals surface area contributed by atoms with Crippen molar-refractivity contribution in [2.75, 3.05) is 6.61 Å². The molecule has 2 N–H and O–H groups in total. The van der Waals surface area contributed by atoms with Crippen LogP contribution >= 0.6 is 0 Å². The van der Waals surface area contributed by atoms with Crippen LogP contribution in [0.15, 0.2) is 18.2 Å². The Balaban J connectivity index is 2.68. The van der Waals surface area contributed by atoms with Gasteiger partial charge in [0.05, 0.1) is 12.2 Å². The van der Waals surface area contributed by atoms with Gasteiger partial charge in [-0.2, -0.15) is 0 Å². The van der Waals surface area contributed by atoms with E-state index in [4.69, 9.17) is 4.74 Å². The molecule has 1 aromatic carbocycles. The predicted octanol–water partition coefficient (Wildman–Crippen LogP) is 2.03. The zero-order valence-corrected chi connectivity index (χ0v) is 9.48. The first kappa shape index (κ1) is 12.9. The monoisotopic (exact) mass is 228 g/mol. The fourth-order valence-electron chi connectivity index (χ4n) is 1.20. The van der Waals surface area contributed by atoms with Crippen LogP contribution in [0.2, 0.25) is 0 Å². The summed E-state index contributed by atoms with van der Waals surface area (Å²) in [6.07, 6.45) is -0.728. The van der Waals surface area contributed by atoms with Crippen molar-refractivity contribution in [3.63, 3.8) is 0 Å². The summed E-state index contributed by atoms with van der Waals surface area (Å²) in [4.78, 5) is 0. The Bertz CT molecular complexity index is 339. The standard InChI is InChI=1S/C12H17FO3/c1-3-10(15)7-16-12-5-4-9(8(2)14)6-11(12)13/h4-6,8,10,14-15H,3,7H2,1-2H3/t8-,10?/m1/s1. The molecule has 0 amide bonds. The molecule has 0 saturated heterocycles. The molecule has 0 spiro atoms. The van der Waals surface area contributed by atoms with E-state index >= 15 is 0 Å². The highest BCUT2D eigenvalue weighted by atomic mass is 19.1. The first-order chi connectivity index (χ1) is 7.54. The van der Waals surface area contributed by atoms with Crippen LogP contribution in [0.25, 0.3) is 0 Å². The Morgan fingerprint density at radius 1 is 1.38 bits per heavy atom. The quantitative estimate of drug-likeness (QED) is 0.810. The number of benzene rings is 1. The number of ether oxygens (including phenoxy) is 1. The van der Waals surface area contributed by atoms with Crippen molar-refractivity contribution >= 4 is 0 Å². The molecule has 0 heterocycles. The van der Waals surface area contributed by atoms with E-state index in [1.165, 1.54) is 12.1 Å². The summed E-state index contributed by atoms with van der Waals surface area (Å²) in [5.41, 5.74) is 0.501. The fraction of sp³-hybridized carbons (Fsp3) is 0.500. The molecule has 0 aromatic heterocycles. The molecule has 0 fully saturated rings. The summed E-state index contributed by atoms with van der Waals surface area (Å²) in [6.45, 7) is 3.46. The van der Waals surface area contributed by atoms with Crippen LogP contribution in [0.1, 0.15) is 31.9 Å². The van der Waals surface area contributed by atoms with Crippen molar-refractivity contribution in [1.29, 1.82) is 0 Å². The Hall–Kier alpha value is -1.13. The maximum Gasteiger partial charge on any atom is 0.165 e. The summed E-state index contributed by atoms with van der Waals surface area (Å²) < 4.78 is 18.6. The molecule has 0 saturated carbocycles. The van der Waals surface area contributed by atoms with Gasteiger partial charge in [0, 0.05) is 0 Å². The van der Waals surface area contributed by atoms with Crippen LogP contribution in [0.3, 0.4) is 0 Å². The van der Waals surface area contributed by atoms with Crippen molar-refractivity contribution in [1.82, 2.24) is 0 Å².